The zero-order chi connectivity index (χ0) is 15.4. The van der Waals surface area contributed by atoms with Gasteiger partial charge in [0.05, 0.1) is 6.10 Å². The average Bonchev–Trinajstić information content (AvgIpc) is 2.47. The lowest BCUT2D eigenvalue weighted by Crippen LogP contribution is -2.54. The highest BCUT2D eigenvalue weighted by molar-refractivity contribution is 5.75. The minimum atomic E-state index is -0.810. The number of nitrogens with zero attached hydrogens (tertiary/aromatic N) is 2. The minimum absolute atomic E-state index is 0.0267. The summed E-state index contributed by atoms with van der Waals surface area (Å²) in [5.74, 6) is -0.576. The third kappa shape index (κ3) is 4.09. The molecule has 120 valence electrons. The van der Waals surface area contributed by atoms with Gasteiger partial charge in [0, 0.05) is 32.1 Å². The van der Waals surface area contributed by atoms with Crippen LogP contribution in [0.3, 0.4) is 0 Å². The predicted molar refractivity (Wildman–Crippen MR) is 78.0 cm³/mol. The summed E-state index contributed by atoms with van der Waals surface area (Å²) in [7, 11) is 0. The molecule has 21 heavy (non-hydrogen) atoms. The number of carboxylic acids is 1. The van der Waals surface area contributed by atoms with E-state index in [0.29, 0.717) is 26.1 Å². The van der Waals surface area contributed by atoms with Crippen LogP contribution in [-0.2, 0) is 4.79 Å². The number of likely N-dealkylation sites (tertiary alicyclic amines) is 2. The summed E-state index contributed by atoms with van der Waals surface area (Å²) in [6.07, 6.45) is 3.90. The quantitative estimate of drug-likeness (QED) is 0.828. The molecule has 3 atom stereocenters. The first-order valence-corrected chi connectivity index (χ1v) is 7.94. The normalized spacial score (nSPS) is 30.3. The van der Waals surface area contributed by atoms with Gasteiger partial charge in [-0.15, -0.1) is 0 Å². The van der Waals surface area contributed by atoms with Gasteiger partial charge in [-0.25, -0.2) is 4.79 Å². The number of β-amino-alcohol motifs (C(OH)–C–C–N with tert-alkyl or cyclic N) is 1. The molecule has 2 aliphatic rings. The molecule has 3 unspecified atom stereocenters. The molecule has 0 aromatic rings. The molecule has 2 N–H and O–H groups in total. The van der Waals surface area contributed by atoms with E-state index in [-0.39, 0.29) is 24.4 Å². The van der Waals surface area contributed by atoms with Gasteiger partial charge >= 0.3 is 12.0 Å². The molecule has 2 saturated heterocycles. The first-order valence-electron chi connectivity index (χ1n) is 7.94. The Balaban J connectivity index is 1.96. The number of piperidine rings is 2. The van der Waals surface area contributed by atoms with Gasteiger partial charge in [-0.2, -0.15) is 0 Å². The number of carbonyl (C=O) groups is 2. The van der Waals surface area contributed by atoms with E-state index in [1.807, 2.05) is 11.8 Å². The molecule has 2 amide bonds. The van der Waals surface area contributed by atoms with E-state index in [1.165, 1.54) is 0 Å². The maximum absolute atomic E-state index is 12.7. The molecule has 0 aromatic carbocycles. The minimum Gasteiger partial charge on any atom is -0.481 e. The lowest BCUT2D eigenvalue weighted by atomic mass is 9.95. The van der Waals surface area contributed by atoms with Crippen LogP contribution in [0.1, 0.15) is 45.4 Å². The molecule has 2 aliphatic heterocycles. The molecule has 0 spiro atoms. The molecule has 6 nitrogen and oxygen atoms in total. The van der Waals surface area contributed by atoms with Crippen molar-refractivity contribution in [3.63, 3.8) is 0 Å². The van der Waals surface area contributed by atoms with Crippen molar-refractivity contribution in [3.8, 4) is 0 Å². The molecule has 0 saturated carbocycles. The van der Waals surface area contributed by atoms with Crippen molar-refractivity contribution in [1.29, 1.82) is 0 Å². The number of rotatable bonds is 3. The number of urea groups is 1. The number of carbonyl (C=O) groups excluding carboxylic acids is 1. The summed E-state index contributed by atoms with van der Waals surface area (Å²) >= 11 is 0. The van der Waals surface area contributed by atoms with Gasteiger partial charge in [0.1, 0.15) is 0 Å². The van der Waals surface area contributed by atoms with Crippen LogP contribution in [0.5, 0.6) is 0 Å². The molecule has 2 fully saturated rings. The zero-order valence-corrected chi connectivity index (χ0v) is 12.7. The molecule has 0 bridgehead atoms. The van der Waals surface area contributed by atoms with E-state index >= 15 is 0 Å². The number of hydrogen-bond acceptors (Lipinski definition) is 3. The summed E-state index contributed by atoms with van der Waals surface area (Å²) in [5.41, 5.74) is 0. The van der Waals surface area contributed by atoms with Crippen LogP contribution in [-0.4, -0.2) is 63.8 Å². The number of amides is 2. The van der Waals surface area contributed by atoms with Gasteiger partial charge in [0.15, 0.2) is 0 Å². The topological polar surface area (TPSA) is 81.1 Å². The van der Waals surface area contributed by atoms with E-state index in [1.54, 1.807) is 4.90 Å². The number of aliphatic hydroxyl groups is 1. The third-order valence-corrected chi connectivity index (χ3v) is 4.75. The zero-order valence-electron chi connectivity index (χ0n) is 12.7. The predicted octanol–water partition coefficient (Wildman–Crippen LogP) is 1.53. The van der Waals surface area contributed by atoms with Gasteiger partial charge in [0.2, 0.25) is 0 Å². The highest BCUT2D eigenvalue weighted by Gasteiger charge is 2.33. The lowest BCUT2D eigenvalue weighted by molar-refractivity contribution is -0.137. The first kappa shape index (κ1) is 16.1. The van der Waals surface area contributed by atoms with Crippen molar-refractivity contribution in [2.75, 3.05) is 19.6 Å². The Kier molecular flexibility index (Phi) is 5.45. The maximum atomic E-state index is 12.7. The van der Waals surface area contributed by atoms with Crippen LogP contribution in [0.25, 0.3) is 0 Å². The summed E-state index contributed by atoms with van der Waals surface area (Å²) in [6, 6.07) is -0.00474. The fourth-order valence-electron chi connectivity index (χ4n) is 3.25. The van der Waals surface area contributed by atoms with Crippen LogP contribution in [0, 0.1) is 5.92 Å². The van der Waals surface area contributed by atoms with Crippen LogP contribution in [0.4, 0.5) is 4.79 Å². The first-order chi connectivity index (χ1) is 9.99. The average molecular weight is 298 g/mol. The molecular weight excluding hydrogens is 272 g/mol. The molecule has 0 aromatic heterocycles. The number of hydrogen-bond donors (Lipinski definition) is 2. The van der Waals surface area contributed by atoms with Crippen LogP contribution >= 0.6 is 0 Å². The third-order valence-electron chi connectivity index (χ3n) is 4.75. The summed E-state index contributed by atoms with van der Waals surface area (Å²) < 4.78 is 0. The second kappa shape index (κ2) is 7.11. The van der Waals surface area contributed by atoms with E-state index in [4.69, 9.17) is 5.11 Å². The monoisotopic (exact) mass is 298 g/mol. The Morgan fingerprint density at radius 2 is 1.95 bits per heavy atom. The van der Waals surface area contributed by atoms with Crippen molar-refractivity contribution in [2.45, 2.75) is 57.6 Å². The smallest absolute Gasteiger partial charge is 0.320 e. The Hall–Kier alpha value is -1.30. The maximum Gasteiger partial charge on any atom is 0.320 e. The Morgan fingerprint density at radius 1 is 1.19 bits per heavy atom. The fourth-order valence-corrected chi connectivity index (χ4v) is 3.25. The van der Waals surface area contributed by atoms with Crippen molar-refractivity contribution >= 4 is 12.0 Å². The highest BCUT2D eigenvalue weighted by atomic mass is 16.4. The summed E-state index contributed by atoms with van der Waals surface area (Å²) in [6.45, 7) is 3.77. The van der Waals surface area contributed by atoms with Gasteiger partial charge in [-0.1, -0.05) is 6.92 Å². The molecule has 0 aliphatic carbocycles. The standard InChI is InChI=1S/C15H26N2O4/c1-11-7-9-16(10-13(11)18)15(21)17-8-3-2-4-12(17)5-6-14(19)20/h11-13,18H,2-10H2,1H3,(H,19,20). The van der Waals surface area contributed by atoms with Gasteiger partial charge in [-0.3, -0.25) is 4.79 Å². The largest absolute Gasteiger partial charge is 0.481 e. The molecule has 6 heteroatoms. The second-order valence-electron chi connectivity index (χ2n) is 6.34. The molecular formula is C15H26N2O4. The van der Waals surface area contributed by atoms with Gasteiger partial charge < -0.3 is 20.0 Å². The van der Waals surface area contributed by atoms with Crippen molar-refractivity contribution in [1.82, 2.24) is 9.80 Å². The summed E-state index contributed by atoms with van der Waals surface area (Å²) in [5, 5.41) is 18.8. The molecule has 2 heterocycles. The SMILES string of the molecule is CC1CCN(C(=O)N2CCCCC2CCC(=O)O)CC1O. The van der Waals surface area contributed by atoms with E-state index < -0.39 is 12.1 Å². The van der Waals surface area contributed by atoms with E-state index in [2.05, 4.69) is 0 Å². The van der Waals surface area contributed by atoms with E-state index in [9.17, 15) is 14.7 Å². The fraction of sp³-hybridized carbons (Fsp3) is 0.867. The number of carboxylic acid groups (broad SMARTS) is 1. The highest BCUT2D eigenvalue weighted by Crippen LogP contribution is 2.24. The number of aliphatic carboxylic acids is 1. The van der Waals surface area contributed by atoms with Crippen LogP contribution < -0.4 is 0 Å². The second-order valence-corrected chi connectivity index (χ2v) is 6.34. The van der Waals surface area contributed by atoms with Crippen molar-refractivity contribution in [2.24, 2.45) is 5.92 Å². The molecule has 0 radical (unpaired) electrons. The summed E-state index contributed by atoms with van der Waals surface area (Å²) in [4.78, 5) is 27.0. The van der Waals surface area contributed by atoms with E-state index in [0.717, 1.165) is 25.7 Å². The van der Waals surface area contributed by atoms with Crippen molar-refractivity contribution < 1.29 is 19.8 Å². The van der Waals surface area contributed by atoms with Gasteiger partial charge in [-0.05, 0) is 38.0 Å². The van der Waals surface area contributed by atoms with Gasteiger partial charge in [0.25, 0.3) is 0 Å². The Morgan fingerprint density at radius 3 is 2.62 bits per heavy atom. The molecule has 2 rings (SSSR count). The number of aliphatic hydroxyl groups excluding tert-OH is 1. The Bertz CT molecular complexity index is 388. The Labute approximate surface area is 125 Å². The van der Waals surface area contributed by atoms with Crippen LogP contribution in [0.15, 0.2) is 0 Å². The van der Waals surface area contributed by atoms with Crippen molar-refractivity contribution in [3.05, 3.63) is 0 Å². The van der Waals surface area contributed by atoms with Crippen LogP contribution in [0.2, 0.25) is 0 Å². The lowest BCUT2D eigenvalue weighted by Gasteiger charge is -2.42.